The van der Waals surface area contributed by atoms with Crippen LogP contribution in [0.1, 0.15) is 37.7 Å². The van der Waals surface area contributed by atoms with Crippen molar-refractivity contribution in [2.45, 2.75) is 38.3 Å². The highest BCUT2D eigenvalue weighted by Crippen LogP contribution is 2.38. The summed E-state index contributed by atoms with van der Waals surface area (Å²) >= 11 is 0. The highest BCUT2D eigenvalue weighted by atomic mass is 19.4. The van der Waals surface area contributed by atoms with Crippen LogP contribution in [0.5, 0.6) is 0 Å². The van der Waals surface area contributed by atoms with E-state index in [0.717, 1.165) is 12.8 Å². The maximum absolute atomic E-state index is 13.7. The number of carbonyl (C=O) groups is 1. The van der Waals surface area contributed by atoms with Crippen LogP contribution in [-0.2, 0) is 15.7 Å². The first kappa shape index (κ1) is 20.5. The number of alkyl halides is 3. The summed E-state index contributed by atoms with van der Waals surface area (Å²) in [5, 5.41) is 1.62. The van der Waals surface area contributed by atoms with Gasteiger partial charge >= 0.3 is 6.18 Å². The van der Waals surface area contributed by atoms with Crippen LogP contribution in [0.4, 0.5) is 36.4 Å². The third-order valence-corrected chi connectivity index (χ3v) is 4.17. The average molecular weight is 387 g/mol. The number of rotatable bonds is 5. The Labute approximate surface area is 144 Å². The summed E-state index contributed by atoms with van der Waals surface area (Å²) in [4.78, 5) is 11.7. The fourth-order valence-corrected chi connectivity index (χ4v) is 2.78. The number of anilines is 1. The van der Waals surface area contributed by atoms with E-state index in [2.05, 4.69) is 0 Å². The second-order valence-corrected chi connectivity index (χ2v) is 6.00. The van der Waals surface area contributed by atoms with Crippen molar-refractivity contribution < 1.29 is 40.3 Å². The normalized spacial score (nSPS) is 16.0. The number of carbonyl (C=O) groups excluding carboxylic acids is 1. The minimum atomic E-state index is -5.62. The summed E-state index contributed by atoms with van der Waals surface area (Å²) < 4.78 is 97.0. The zero-order valence-electron chi connectivity index (χ0n) is 13.5. The van der Waals surface area contributed by atoms with E-state index < -0.39 is 46.6 Å². The molecule has 0 atom stereocenters. The minimum absolute atomic E-state index is 0.194. The molecular weight excluding hydrogens is 371 g/mol. The lowest BCUT2D eigenvalue weighted by atomic mass is 9.94. The van der Waals surface area contributed by atoms with Gasteiger partial charge in [0.25, 0.3) is 0 Å². The van der Waals surface area contributed by atoms with Crippen LogP contribution < -0.4 is 5.32 Å². The summed E-state index contributed by atoms with van der Waals surface area (Å²) in [5.41, 5.74) is -4.24. The quantitative estimate of drug-likeness (QED) is 0.582. The molecule has 1 amide bonds. The monoisotopic (exact) mass is 387 g/mol. The van der Waals surface area contributed by atoms with E-state index in [1.807, 2.05) is 0 Å². The molecule has 2 rings (SSSR count). The first-order chi connectivity index (χ1) is 12.1. The first-order valence-electron chi connectivity index (χ1n) is 7.93. The van der Waals surface area contributed by atoms with E-state index >= 15 is 0 Å². The van der Waals surface area contributed by atoms with Crippen molar-refractivity contribution in [3.8, 4) is 0 Å². The molecule has 146 valence electrons. The van der Waals surface area contributed by atoms with Crippen LogP contribution in [0.2, 0.25) is 0 Å². The van der Waals surface area contributed by atoms with Crippen molar-refractivity contribution in [3.63, 3.8) is 0 Å². The minimum Gasteiger partial charge on any atom is -0.381 e. The molecule has 0 unspecified atom stereocenters. The van der Waals surface area contributed by atoms with E-state index in [-0.39, 0.29) is 6.42 Å². The Morgan fingerprint density at radius 3 is 2.04 bits per heavy atom. The summed E-state index contributed by atoms with van der Waals surface area (Å²) in [6.07, 6.45) is -3.17. The lowest BCUT2D eigenvalue weighted by Crippen LogP contribution is -2.20. The van der Waals surface area contributed by atoms with E-state index in [1.54, 1.807) is 5.32 Å². The van der Waals surface area contributed by atoms with Crippen LogP contribution >= 0.6 is 0 Å². The molecule has 1 N–H and O–H groups in total. The Kier molecular flexibility index (Phi) is 6.48. The van der Waals surface area contributed by atoms with Crippen molar-refractivity contribution in [3.05, 3.63) is 28.8 Å². The summed E-state index contributed by atoms with van der Waals surface area (Å²) in [6.45, 7) is 1.22. The van der Waals surface area contributed by atoms with E-state index in [1.165, 1.54) is 0 Å². The molecule has 10 heteroatoms. The first-order valence-corrected chi connectivity index (χ1v) is 7.93. The Morgan fingerprint density at radius 2 is 1.54 bits per heavy atom. The molecule has 0 radical (unpaired) electrons. The van der Waals surface area contributed by atoms with Gasteiger partial charge in [-0.05, 0) is 31.6 Å². The Bertz CT molecular complexity index is 641. The fraction of sp³-hybridized carbons (Fsp3) is 0.562. The van der Waals surface area contributed by atoms with Crippen LogP contribution in [-0.4, -0.2) is 19.1 Å². The molecular formula is C16H16F7NO2. The number of nitrogens with one attached hydrogen (secondary N) is 1. The second-order valence-electron chi connectivity index (χ2n) is 6.00. The molecule has 26 heavy (non-hydrogen) atoms. The number of amides is 1. The summed E-state index contributed by atoms with van der Waals surface area (Å²) in [5.74, 6) is -10.4. The van der Waals surface area contributed by atoms with Crippen LogP contribution in [0, 0.1) is 29.2 Å². The molecule has 0 bridgehead atoms. The average Bonchev–Trinajstić information content (AvgIpc) is 2.57. The van der Waals surface area contributed by atoms with Crippen molar-refractivity contribution in [1.29, 1.82) is 0 Å². The highest BCUT2D eigenvalue weighted by molar-refractivity contribution is 5.91. The Morgan fingerprint density at radius 1 is 1.00 bits per heavy atom. The number of hydrogen-bond donors (Lipinski definition) is 1. The van der Waals surface area contributed by atoms with Gasteiger partial charge in [-0.1, -0.05) is 0 Å². The summed E-state index contributed by atoms with van der Waals surface area (Å²) in [7, 11) is 0. The number of ether oxygens (including phenoxy) is 1. The van der Waals surface area contributed by atoms with Gasteiger partial charge < -0.3 is 10.1 Å². The van der Waals surface area contributed by atoms with E-state index in [0.29, 0.717) is 32.0 Å². The highest BCUT2D eigenvalue weighted by Gasteiger charge is 2.42. The number of halogens is 7. The standard InChI is InChI=1S/C16H16F7NO2/c17-11-10(16(21,22)23)12(18)14(20)15(13(11)19)24-9(25)3-1-2-8-4-6-26-7-5-8/h8H,1-7H2,(H,24,25). The topological polar surface area (TPSA) is 38.3 Å². The zero-order chi connectivity index (χ0) is 19.5. The molecule has 1 aromatic carbocycles. The molecule has 1 aliphatic rings. The second kappa shape index (κ2) is 8.24. The number of benzene rings is 1. The lowest BCUT2D eigenvalue weighted by Gasteiger charge is -2.21. The number of hydrogen-bond acceptors (Lipinski definition) is 2. The Hall–Kier alpha value is -1.84. The molecule has 1 saturated heterocycles. The lowest BCUT2D eigenvalue weighted by molar-refractivity contribution is -0.143. The van der Waals surface area contributed by atoms with Gasteiger partial charge in [0.2, 0.25) is 5.91 Å². The van der Waals surface area contributed by atoms with Crippen LogP contribution in [0.25, 0.3) is 0 Å². The molecule has 1 fully saturated rings. The van der Waals surface area contributed by atoms with Gasteiger partial charge in [-0.15, -0.1) is 0 Å². The smallest absolute Gasteiger partial charge is 0.381 e. The maximum Gasteiger partial charge on any atom is 0.422 e. The molecule has 0 aliphatic carbocycles. The Balaban J connectivity index is 2.05. The SMILES string of the molecule is O=C(CCCC1CCOCC1)Nc1c(F)c(F)c(C(F)(F)F)c(F)c1F. The largest absolute Gasteiger partial charge is 0.422 e. The molecule has 1 heterocycles. The molecule has 0 spiro atoms. The van der Waals surface area contributed by atoms with Gasteiger partial charge in [0.15, 0.2) is 23.3 Å². The molecule has 3 nitrogen and oxygen atoms in total. The van der Waals surface area contributed by atoms with Gasteiger partial charge in [0, 0.05) is 19.6 Å². The fourth-order valence-electron chi connectivity index (χ4n) is 2.78. The van der Waals surface area contributed by atoms with Gasteiger partial charge in [-0.3, -0.25) is 4.79 Å². The van der Waals surface area contributed by atoms with Gasteiger partial charge in [-0.2, -0.15) is 13.2 Å². The van der Waals surface area contributed by atoms with E-state index in [4.69, 9.17) is 4.74 Å². The van der Waals surface area contributed by atoms with Crippen molar-refractivity contribution in [2.75, 3.05) is 18.5 Å². The van der Waals surface area contributed by atoms with Crippen LogP contribution in [0.15, 0.2) is 0 Å². The van der Waals surface area contributed by atoms with Gasteiger partial charge in [0.05, 0.1) is 0 Å². The molecule has 1 aliphatic heterocycles. The summed E-state index contributed by atoms with van der Waals surface area (Å²) in [6, 6.07) is 0. The molecule has 0 aromatic heterocycles. The molecule has 0 saturated carbocycles. The van der Waals surface area contributed by atoms with E-state index in [9.17, 15) is 35.5 Å². The van der Waals surface area contributed by atoms with Gasteiger partial charge in [0.1, 0.15) is 11.3 Å². The molecule has 1 aromatic rings. The maximum atomic E-state index is 13.7. The van der Waals surface area contributed by atoms with Gasteiger partial charge in [-0.25, -0.2) is 17.6 Å². The predicted octanol–water partition coefficient (Wildman–Crippen LogP) is 4.80. The van der Waals surface area contributed by atoms with Crippen LogP contribution in [0.3, 0.4) is 0 Å². The van der Waals surface area contributed by atoms with Crippen molar-refractivity contribution in [1.82, 2.24) is 0 Å². The zero-order valence-corrected chi connectivity index (χ0v) is 13.5. The predicted molar refractivity (Wildman–Crippen MR) is 77.3 cm³/mol. The van der Waals surface area contributed by atoms with Crippen molar-refractivity contribution in [2.24, 2.45) is 5.92 Å². The third-order valence-electron chi connectivity index (χ3n) is 4.17. The third kappa shape index (κ3) is 4.66. The van der Waals surface area contributed by atoms with Crippen molar-refractivity contribution >= 4 is 11.6 Å².